The lowest BCUT2D eigenvalue weighted by Gasteiger charge is -2.26. The Balaban J connectivity index is 2.15. The second-order valence-corrected chi connectivity index (χ2v) is 6.66. The molecule has 1 atom stereocenters. The smallest absolute Gasteiger partial charge is 0.248 e. The molecule has 19 heavy (non-hydrogen) atoms. The lowest BCUT2D eigenvalue weighted by molar-refractivity contribution is 0.00858. The lowest BCUT2D eigenvalue weighted by atomic mass is 10.1. The van der Waals surface area contributed by atoms with E-state index in [1.165, 1.54) is 29.8 Å². The second-order valence-electron chi connectivity index (χ2n) is 4.65. The van der Waals surface area contributed by atoms with Gasteiger partial charge in [0.1, 0.15) is 4.90 Å². The Morgan fingerprint density at radius 1 is 1.47 bits per heavy atom. The predicted octanol–water partition coefficient (Wildman–Crippen LogP) is 0.564. The van der Waals surface area contributed by atoms with Gasteiger partial charge in [-0.15, -0.1) is 0 Å². The molecule has 1 aliphatic heterocycles. The van der Waals surface area contributed by atoms with Crippen molar-refractivity contribution >= 4 is 10.0 Å². The van der Waals surface area contributed by atoms with Crippen LogP contribution >= 0.6 is 0 Å². The standard InChI is InChI=1S/C12H18N2O4S/c1-14(9-10-4-2-3-7-18-10)19(16,17)12-8-13-6-5-11(12)15/h5-6,8,10H,2-4,7,9H2,1H3,(H,13,15). The highest BCUT2D eigenvalue weighted by Gasteiger charge is 2.27. The molecule has 1 aromatic heterocycles. The highest BCUT2D eigenvalue weighted by Crippen LogP contribution is 2.16. The molecular weight excluding hydrogens is 268 g/mol. The van der Waals surface area contributed by atoms with Crippen LogP contribution in [0.2, 0.25) is 0 Å². The Bertz CT molecular complexity index is 575. The minimum atomic E-state index is -3.76. The first-order chi connectivity index (χ1) is 9.01. The van der Waals surface area contributed by atoms with Crippen molar-refractivity contribution in [3.05, 3.63) is 28.7 Å². The van der Waals surface area contributed by atoms with Gasteiger partial charge in [0.05, 0.1) is 6.10 Å². The first kappa shape index (κ1) is 14.2. The second kappa shape index (κ2) is 5.85. The van der Waals surface area contributed by atoms with E-state index in [0.29, 0.717) is 6.61 Å². The van der Waals surface area contributed by atoms with Gasteiger partial charge in [0.15, 0.2) is 0 Å². The van der Waals surface area contributed by atoms with Crippen LogP contribution in [0, 0.1) is 0 Å². The summed E-state index contributed by atoms with van der Waals surface area (Å²) in [6.45, 7) is 0.946. The van der Waals surface area contributed by atoms with Crippen LogP contribution in [0.1, 0.15) is 19.3 Å². The molecule has 0 bridgehead atoms. The number of aromatic nitrogens is 1. The van der Waals surface area contributed by atoms with Gasteiger partial charge in [-0.1, -0.05) is 0 Å². The molecule has 0 radical (unpaired) electrons. The van der Waals surface area contributed by atoms with Crippen molar-refractivity contribution in [2.45, 2.75) is 30.3 Å². The van der Waals surface area contributed by atoms with E-state index >= 15 is 0 Å². The summed E-state index contributed by atoms with van der Waals surface area (Å²) in [7, 11) is -2.29. The van der Waals surface area contributed by atoms with Crippen molar-refractivity contribution in [1.29, 1.82) is 0 Å². The molecule has 106 valence electrons. The van der Waals surface area contributed by atoms with Crippen LogP contribution in [0.15, 0.2) is 28.2 Å². The minimum Gasteiger partial charge on any atom is -0.377 e. The molecule has 1 fully saturated rings. The van der Waals surface area contributed by atoms with E-state index in [-0.39, 0.29) is 17.5 Å². The third kappa shape index (κ3) is 3.23. The maximum Gasteiger partial charge on any atom is 0.248 e. The molecule has 7 heteroatoms. The van der Waals surface area contributed by atoms with Crippen LogP contribution in [-0.2, 0) is 14.8 Å². The van der Waals surface area contributed by atoms with Crippen LogP contribution in [0.25, 0.3) is 0 Å². The normalized spacial score (nSPS) is 20.6. The van der Waals surface area contributed by atoms with E-state index in [0.717, 1.165) is 19.3 Å². The van der Waals surface area contributed by atoms with Crippen molar-refractivity contribution in [3.63, 3.8) is 0 Å². The van der Waals surface area contributed by atoms with Crippen molar-refractivity contribution < 1.29 is 13.2 Å². The SMILES string of the molecule is CN(CC1CCCCO1)S(=O)(=O)c1c[nH]ccc1=O. The van der Waals surface area contributed by atoms with Gasteiger partial charge in [0.2, 0.25) is 15.5 Å². The maximum absolute atomic E-state index is 12.3. The van der Waals surface area contributed by atoms with Crippen molar-refractivity contribution in [1.82, 2.24) is 9.29 Å². The van der Waals surface area contributed by atoms with E-state index in [9.17, 15) is 13.2 Å². The molecule has 2 heterocycles. The molecule has 1 unspecified atom stereocenters. The van der Waals surface area contributed by atoms with E-state index in [1.807, 2.05) is 0 Å². The molecule has 0 aromatic carbocycles. The number of pyridine rings is 1. The van der Waals surface area contributed by atoms with E-state index in [4.69, 9.17) is 4.74 Å². The number of ether oxygens (including phenoxy) is 1. The summed E-state index contributed by atoms with van der Waals surface area (Å²) in [6.07, 6.45) is 5.46. The van der Waals surface area contributed by atoms with Crippen LogP contribution in [0.4, 0.5) is 0 Å². The van der Waals surface area contributed by atoms with Gasteiger partial charge in [-0.3, -0.25) is 4.79 Å². The van der Waals surface area contributed by atoms with Gasteiger partial charge in [-0.2, -0.15) is 4.31 Å². The average molecular weight is 286 g/mol. The molecule has 1 saturated heterocycles. The van der Waals surface area contributed by atoms with E-state index in [2.05, 4.69) is 4.98 Å². The zero-order chi connectivity index (χ0) is 13.9. The first-order valence-corrected chi connectivity index (χ1v) is 7.71. The number of rotatable bonds is 4. The van der Waals surface area contributed by atoms with Gasteiger partial charge < -0.3 is 9.72 Å². The number of H-pyrrole nitrogens is 1. The molecule has 2 rings (SSSR count). The molecule has 0 aliphatic carbocycles. The van der Waals surface area contributed by atoms with Gasteiger partial charge in [-0.05, 0) is 19.3 Å². The predicted molar refractivity (Wildman–Crippen MR) is 70.5 cm³/mol. The number of hydrogen-bond donors (Lipinski definition) is 1. The molecule has 0 spiro atoms. The number of aromatic amines is 1. The van der Waals surface area contributed by atoms with Gasteiger partial charge in [-0.25, -0.2) is 8.42 Å². The molecule has 1 aliphatic rings. The van der Waals surface area contributed by atoms with Crippen LogP contribution < -0.4 is 5.43 Å². The third-order valence-corrected chi connectivity index (χ3v) is 5.06. The number of sulfonamides is 1. The number of hydrogen-bond acceptors (Lipinski definition) is 4. The fourth-order valence-corrected chi connectivity index (χ4v) is 3.34. The summed E-state index contributed by atoms with van der Waals surface area (Å²) < 4.78 is 31.3. The fraction of sp³-hybridized carbons (Fsp3) is 0.583. The summed E-state index contributed by atoms with van der Waals surface area (Å²) >= 11 is 0. The van der Waals surface area contributed by atoms with E-state index < -0.39 is 15.5 Å². The monoisotopic (exact) mass is 286 g/mol. The van der Waals surface area contributed by atoms with Gasteiger partial charge >= 0.3 is 0 Å². The van der Waals surface area contributed by atoms with Crippen LogP contribution in [-0.4, -0.2) is 44.0 Å². The molecule has 1 N–H and O–H groups in total. The summed E-state index contributed by atoms with van der Waals surface area (Å²) in [6, 6.07) is 1.21. The van der Waals surface area contributed by atoms with Gasteiger partial charge in [0.25, 0.3) is 0 Å². The zero-order valence-electron chi connectivity index (χ0n) is 10.8. The third-order valence-electron chi connectivity index (χ3n) is 3.21. The Hall–Kier alpha value is -1.18. The quantitative estimate of drug-likeness (QED) is 0.877. The summed E-state index contributed by atoms with van der Waals surface area (Å²) in [5, 5.41) is 0. The number of likely N-dealkylation sites (N-methyl/N-ethyl adjacent to an activating group) is 1. The Labute approximate surface area is 112 Å². The summed E-state index contributed by atoms with van der Waals surface area (Å²) in [4.78, 5) is 14.0. The van der Waals surface area contributed by atoms with E-state index in [1.54, 1.807) is 0 Å². The molecule has 0 saturated carbocycles. The Morgan fingerprint density at radius 3 is 2.89 bits per heavy atom. The Morgan fingerprint density at radius 2 is 2.26 bits per heavy atom. The molecule has 0 amide bonds. The topological polar surface area (TPSA) is 79.5 Å². The number of nitrogens with one attached hydrogen (secondary N) is 1. The van der Waals surface area contributed by atoms with Crippen molar-refractivity contribution in [2.75, 3.05) is 20.2 Å². The molecule has 6 nitrogen and oxygen atoms in total. The largest absolute Gasteiger partial charge is 0.377 e. The van der Waals surface area contributed by atoms with Crippen molar-refractivity contribution in [2.24, 2.45) is 0 Å². The highest BCUT2D eigenvalue weighted by atomic mass is 32.2. The van der Waals surface area contributed by atoms with Crippen molar-refractivity contribution in [3.8, 4) is 0 Å². The van der Waals surface area contributed by atoms with Crippen LogP contribution in [0.3, 0.4) is 0 Å². The maximum atomic E-state index is 12.3. The lowest BCUT2D eigenvalue weighted by Crippen LogP contribution is -2.38. The van der Waals surface area contributed by atoms with Gasteiger partial charge in [0, 0.05) is 38.7 Å². The van der Waals surface area contributed by atoms with Crippen LogP contribution in [0.5, 0.6) is 0 Å². The molecular formula is C12H18N2O4S. The number of nitrogens with zero attached hydrogens (tertiary/aromatic N) is 1. The minimum absolute atomic E-state index is 0.0867. The highest BCUT2D eigenvalue weighted by molar-refractivity contribution is 7.89. The summed E-state index contributed by atoms with van der Waals surface area (Å²) in [5.41, 5.74) is -0.504. The summed E-state index contributed by atoms with van der Waals surface area (Å²) in [5.74, 6) is 0. The average Bonchev–Trinajstić information content (AvgIpc) is 2.40. The fourth-order valence-electron chi connectivity index (χ4n) is 2.11. The Kier molecular flexibility index (Phi) is 4.38. The molecule has 1 aromatic rings. The first-order valence-electron chi connectivity index (χ1n) is 6.27. The zero-order valence-corrected chi connectivity index (χ0v) is 11.6.